The van der Waals surface area contributed by atoms with E-state index in [1.807, 2.05) is 0 Å². The van der Waals surface area contributed by atoms with Gasteiger partial charge in [-0.3, -0.25) is 9.80 Å². The second kappa shape index (κ2) is 10.9. The number of benzene rings is 2. The van der Waals surface area contributed by atoms with Crippen molar-refractivity contribution < 1.29 is 37.3 Å². The highest BCUT2D eigenvalue weighted by molar-refractivity contribution is 6.06. The molecule has 3 aromatic rings. The Balaban J connectivity index is 1.42. The van der Waals surface area contributed by atoms with E-state index in [2.05, 4.69) is 9.80 Å². The minimum Gasteiger partial charge on any atom is -0.486 e. The zero-order chi connectivity index (χ0) is 27.9. The van der Waals surface area contributed by atoms with Crippen molar-refractivity contribution >= 4 is 16.9 Å². The number of nitrogens with zero attached hydrogens (tertiary/aromatic N) is 3. The molecule has 0 saturated carbocycles. The smallest absolute Gasteiger partial charge is 0.416 e. The van der Waals surface area contributed by atoms with Crippen molar-refractivity contribution in [3.05, 3.63) is 53.1 Å². The van der Waals surface area contributed by atoms with E-state index < -0.39 is 17.7 Å². The van der Waals surface area contributed by atoms with E-state index in [4.69, 9.17) is 19.2 Å². The highest BCUT2D eigenvalue weighted by Crippen LogP contribution is 2.40. The normalized spacial score (nSPS) is 19.2. The van der Waals surface area contributed by atoms with Gasteiger partial charge in [-0.05, 0) is 44.1 Å². The third kappa shape index (κ3) is 5.33. The number of hydrogen-bond acceptors (Lipinski definition) is 7. The van der Waals surface area contributed by atoms with Gasteiger partial charge in [0.1, 0.15) is 13.2 Å². The van der Waals surface area contributed by atoms with Gasteiger partial charge in [-0.2, -0.15) is 13.2 Å². The molecule has 0 atom stereocenters. The zero-order valence-electron chi connectivity index (χ0n) is 21.9. The monoisotopic (exact) mass is 557 g/mol. The first-order chi connectivity index (χ1) is 19.3. The summed E-state index contributed by atoms with van der Waals surface area (Å²) in [7, 11) is 0. The predicted molar refractivity (Wildman–Crippen MR) is 141 cm³/mol. The van der Waals surface area contributed by atoms with Crippen LogP contribution in [0.4, 0.5) is 13.2 Å². The van der Waals surface area contributed by atoms with Crippen LogP contribution in [0.1, 0.15) is 34.3 Å². The maximum absolute atomic E-state index is 13.6. The second-order valence-electron chi connectivity index (χ2n) is 10.4. The molecular weight excluding hydrogens is 527 g/mol. The van der Waals surface area contributed by atoms with Gasteiger partial charge in [0.15, 0.2) is 11.5 Å². The summed E-state index contributed by atoms with van der Waals surface area (Å²) in [6, 6.07) is 8.55. The third-order valence-corrected chi connectivity index (χ3v) is 7.93. The van der Waals surface area contributed by atoms with Crippen LogP contribution in [0.25, 0.3) is 22.2 Å². The van der Waals surface area contributed by atoms with E-state index in [0.29, 0.717) is 47.2 Å². The Morgan fingerprint density at radius 3 is 2.35 bits per heavy atom. The van der Waals surface area contributed by atoms with Crippen LogP contribution in [0.5, 0.6) is 11.5 Å². The average molecular weight is 558 g/mol. The molecule has 3 aliphatic rings. The number of aromatic carboxylic acids is 1. The molecule has 0 bridgehead atoms. The van der Waals surface area contributed by atoms with Gasteiger partial charge in [0.05, 0.1) is 35.6 Å². The molecule has 0 spiro atoms. The Morgan fingerprint density at radius 1 is 0.975 bits per heavy atom. The number of pyridine rings is 1. The molecule has 0 unspecified atom stereocenters. The van der Waals surface area contributed by atoms with Crippen LogP contribution >= 0.6 is 0 Å². The molecule has 1 aromatic heterocycles. The summed E-state index contributed by atoms with van der Waals surface area (Å²) in [5.74, 6) is -0.321. The molecule has 2 saturated heterocycles. The van der Waals surface area contributed by atoms with E-state index in [-0.39, 0.29) is 23.4 Å². The van der Waals surface area contributed by atoms with Gasteiger partial charge < -0.3 is 19.3 Å². The van der Waals surface area contributed by atoms with Crippen molar-refractivity contribution in [3.8, 4) is 22.8 Å². The first kappa shape index (κ1) is 26.8. The number of carbonyl (C=O) groups is 1. The largest absolute Gasteiger partial charge is 0.486 e. The molecule has 11 heteroatoms. The lowest BCUT2D eigenvalue weighted by molar-refractivity contribution is -0.137. The number of carboxylic acids is 1. The molecule has 2 fully saturated rings. The topological polar surface area (TPSA) is 84.4 Å². The van der Waals surface area contributed by atoms with Gasteiger partial charge in [0.25, 0.3) is 0 Å². The summed E-state index contributed by atoms with van der Waals surface area (Å²) >= 11 is 0. The van der Waals surface area contributed by atoms with Crippen LogP contribution in [-0.4, -0.2) is 84.5 Å². The highest BCUT2D eigenvalue weighted by atomic mass is 19.4. The Kier molecular flexibility index (Phi) is 7.28. The van der Waals surface area contributed by atoms with Gasteiger partial charge in [-0.15, -0.1) is 0 Å². The van der Waals surface area contributed by atoms with Crippen molar-refractivity contribution in [1.82, 2.24) is 14.8 Å². The zero-order valence-corrected chi connectivity index (χ0v) is 21.9. The summed E-state index contributed by atoms with van der Waals surface area (Å²) in [5, 5.41) is 10.8. The van der Waals surface area contributed by atoms with Crippen molar-refractivity contribution in [2.45, 2.75) is 31.6 Å². The maximum atomic E-state index is 13.6. The van der Waals surface area contributed by atoms with Crippen molar-refractivity contribution in [2.75, 3.05) is 52.6 Å². The summed E-state index contributed by atoms with van der Waals surface area (Å²) in [5.41, 5.74) is 0.355. The molecular formula is C29H30F3N3O5. The fraction of sp³-hybridized carbons (Fsp3) is 0.448. The minimum atomic E-state index is -4.55. The van der Waals surface area contributed by atoms with Gasteiger partial charge in [0, 0.05) is 48.3 Å². The Bertz CT molecular complexity index is 1420. The van der Waals surface area contributed by atoms with E-state index in [1.165, 1.54) is 6.07 Å². The number of ether oxygens (including phenoxy) is 3. The Morgan fingerprint density at radius 2 is 1.68 bits per heavy atom. The lowest BCUT2D eigenvalue weighted by atomic mass is 9.94. The maximum Gasteiger partial charge on any atom is 0.416 e. The first-order valence-corrected chi connectivity index (χ1v) is 13.5. The first-order valence-electron chi connectivity index (χ1n) is 13.5. The van der Waals surface area contributed by atoms with E-state index >= 15 is 0 Å². The minimum absolute atomic E-state index is 0.0182. The number of alkyl halides is 3. The van der Waals surface area contributed by atoms with Crippen LogP contribution in [0.15, 0.2) is 36.4 Å². The fourth-order valence-electron chi connectivity index (χ4n) is 5.93. The standard InChI is InChI=1S/C29H30F3N3O5/c30-29(31,32)19-3-1-2-18(14-19)27-22(17-34-6-4-20(5-7-34)35-8-10-38-11-9-35)26(28(36)37)21-15-24-25(16-23(21)33-27)40-13-12-39-24/h1-3,14-16,20H,4-13,17H2,(H,36,37). The quantitative estimate of drug-likeness (QED) is 0.484. The molecule has 8 nitrogen and oxygen atoms in total. The fourth-order valence-corrected chi connectivity index (χ4v) is 5.93. The van der Waals surface area contributed by atoms with Gasteiger partial charge >= 0.3 is 12.1 Å². The molecule has 212 valence electrons. The van der Waals surface area contributed by atoms with Crippen molar-refractivity contribution in [3.63, 3.8) is 0 Å². The number of carboxylic acid groups (broad SMARTS) is 1. The van der Waals surface area contributed by atoms with Crippen LogP contribution < -0.4 is 9.47 Å². The van der Waals surface area contributed by atoms with Gasteiger partial charge in [-0.25, -0.2) is 9.78 Å². The van der Waals surface area contributed by atoms with Crippen LogP contribution in [0.2, 0.25) is 0 Å². The molecule has 3 aliphatic heterocycles. The molecule has 2 aromatic carbocycles. The number of aromatic nitrogens is 1. The number of morpholine rings is 1. The van der Waals surface area contributed by atoms with Crippen LogP contribution in [0, 0.1) is 0 Å². The predicted octanol–water partition coefficient (Wildman–Crippen LogP) is 4.69. The average Bonchev–Trinajstić information content (AvgIpc) is 2.96. The lowest BCUT2D eigenvalue weighted by Gasteiger charge is -2.40. The van der Waals surface area contributed by atoms with Crippen LogP contribution in [0.3, 0.4) is 0 Å². The summed E-state index contributed by atoms with van der Waals surface area (Å²) in [4.78, 5) is 22.2. The number of rotatable bonds is 5. The number of hydrogen-bond donors (Lipinski definition) is 1. The third-order valence-electron chi connectivity index (χ3n) is 7.93. The lowest BCUT2D eigenvalue weighted by Crippen LogP contribution is -2.48. The number of piperidine rings is 1. The van der Waals surface area contributed by atoms with E-state index in [9.17, 15) is 23.1 Å². The second-order valence-corrected chi connectivity index (χ2v) is 10.4. The number of halogens is 3. The molecule has 0 amide bonds. The number of likely N-dealkylation sites (tertiary alicyclic amines) is 1. The molecule has 40 heavy (non-hydrogen) atoms. The molecule has 4 heterocycles. The summed E-state index contributed by atoms with van der Waals surface area (Å²) in [6.07, 6.45) is -2.71. The van der Waals surface area contributed by atoms with Gasteiger partial charge in [0.2, 0.25) is 0 Å². The van der Waals surface area contributed by atoms with E-state index in [0.717, 1.165) is 64.4 Å². The Labute approximate surface area is 229 Å². The van der Waals surface area contributed by atoms with Gasteiger partial charge in [-0.1, -0.05) is 12.1 Å². The Hall–Kier alpha value is -3.41. The van der Waals surface area contributed by atoms with E-state index in [1.54, 1.807) is 18.2 Å². The molecule has 6 rings (SSSR count). The summed E-state index contributed by atoms with van der Waals surface area (Å²) < 4.78 is 57.7. The van der Waals surface area contributed by atoms with Crippen LogP contribution in [-0.2, 0) is 17.5 Å². The SMILES string of the molecule is O=C(O)c1c(CN2CCC(N3CCOCC3)CC2)c(-c2cccc(C(F)(F)F)c2)nc2cc3c(cc12)OCCO3. The summed E-state index contributed by atoms with van der Waals surface area (Å²) in [6.45, 7) is 5.65. The number of fused-ring (bicyclic) bond motifs is 2. The molecule has 0 aliphatic carbocycles. The highest BCUT2D eigenvalue weighted by Gasteiger charge is 2.32. The molecule has 1 N–H and O–H groups in total. The van der Waals surface area contributed by atoms with Crippen molar-refractivity contribution in [2.24, 2.45) is 0 Å². The van der Waals surface area contributed by atoms with Crippen molar-refractivity contribution in [1.29, 1.82) is 0 Å². The molecule has 0 radical (unpaired) electrons.